The van der Waals surface area contributed by atoms with Crippen molar-refractivity contribution in [2.75, 3.05) is 0 Å². The Morgan fingerprint density at radius 2 is 2.04 bits per heavy atom. The second kappa shape index (κ2) is 6.76. The number of rotatable bonds is 4. The number of pyridine rings is 1. The van der Waals surface area contributed by atoms with Crippen LogP contribution in [0.15, 0.2) is 50.4 Å². The Morgan fingerprint density at radius 1 is 1.19 bits per heavy atom. The summed E-state index contributed by atoms with van der Waals surface area (Å²) in [6.07, 6.45) is 1.58. The molecule has 0 fully saturated rings. The fourth-order valence-electron chi connectivity index (χ4n) is 2.45. The quantitative estimate of drug-likeness (QED) is 0.530. The molecule has 0 bridgehead atoms. The highest BCUT2D eigenvalue weighted by atomic mass is 35.5. The van der Waals surface area contributed by atoms with Crippen LogP contribution in [0, 0.1) is 12.7 Å². The molecule has 0 N–H and O–H groups in total. The van der Waals surface area contributed by atoms with Crippen LogP contribution >= 0.6 is 11.6 Å². The first-order chi connectivity index (χ1) is 13.0. The molecular formula is C17H11ClFN5O3. The molecule has 1 aromatic carbocycles. The van der Waals surface area contributed by atoms with Gasteiger partial charge in [0.05, 0.1) is 5.02 Å². The number of aromatic nitrogens is 5. The minimum Gasteiger partial charge on any atom is -0.337 e. The zero-order chi connectivity index (χ0) is 19.0. The molecule has 3 aromatic heterocycles. The van der Waals surface area contributed by atoms with E-state index in [0.717, 1.165) is 0 Å². The van der Waals surface area contributed by atoms with Gasteiger partial charge in [-0.2, -0.15) is 9.97 Å². The number of halogens is 2. The van der Waals surface area contributed by atoms with Gasteiger partial charge in [-0.05, 0) is 37.3 Å². The lowest BCUT2D eigenvalue weighted by Gasteiger charge is -2.02. The van der Waals surface area contributed by atoms with E-state index in [0.29, 0.717) is 11.4 Å². The van der Waals surface area contributed by atoms with Gasteiger partial charge in [0.15, 0.2) is 5.82 Å². The normalized spacial score (nSPS) is 11.1. The van der Waals surface area contributed by atoms with Gasteiger partial charge >= 0.3 is 0 Å². The minimum absolute atomic E-state index is 0.0434. The van der Waals surface area contributed by atoms with Crippen LogP contribution in [0.3, 0.4) is 0 Å². The Kier molecular flexibility index (Phi) is 4.28. The predicted molar refractivity (Wildman–Crippen MR) is 92.5 cm³/mol. The lowest BCUT2D eigenvalue weighted by Crippen LogP contribution is -2.21. The summed E-state index contributed by atoms with van der Waals surface area (Å²) in [4.78, 5) is 20.9. The second-order valence-electron chi connectivity index (χ2n) is 5.64. The fourth-order valence-corrected chi connectivity index (χ4v) is 2.63. The standard InChI is InChI=1S/C17H11ClFN5O3/c1-9-20-16(27-22-9)11-3-2-6-24(17(11)25)8-14-21-15(23-26-14)10-4-5-13(19)12(18)7-10/h2-7H,8H2,1H3. The van der Waals surface area contributed by atoms with Gasteiger partial charge in [-0.1, -0.05) is 21.9 Å². The number of hydrogen-bond donors (Lipinski definition) is 0. The van der Waals surface area contributed by atoms with Crippen molar-refractivity contribution in [3.8, 4) is 22.8 Å². The zero-order valence-corrected chi connectivity index (χ0v) is 14.6. The third-order valence-electron chi connectivity index (χ3n) is 3.73. The maximum absolute atomic E-state index is 13.3. The molecule has 0 atom stereocenters. The fraction of sp³-hybridized carbons (Fsp3) is 0.118. The molecule has 136 valence electrons. The summed E-state index contributed by atoms with van der Waals surface area (Å²) in [6.45, 7) is 1.71. The van der Waals surface area contributed by atoms with Crippen molar-refractivity contribution in [3.63, 3.8) is 0 Å². The molecule has 0 aliphatic carbocycles. The molecule has 4 aromatic rings. The van der Waals surface area contributed by atoms with Crippen LogP contribution in [0.5, 0.6) is 0 Å². The lowest BCUT2D eigenvalue weighted by molar-refractivity contribution is 0.370. The van der Waals surface area contributed by atoms with E-state index in [1.165, 1.54) is 22.8 Å². The van der Waals surface area contributed by atoms with Crippen molar-refractivity contribution in [1.29, 1.82) is 0 Å². The maximum atomic E-state index is 13.3. The molecule has 3 heterocycles. The summed E-state index contributed by atoms with van der Waals surface area (Å²) in [7, 11) is 0. The van der Waals surface area contributed by atoms with Crippen molar-refractivity contribution in [1.82, 2.24) is 24.8 Å². The van der Waals surface area contributed by atoms with Gasteiger partial charge in [0.25, 0.3) is 11.4 Å². The monoisotopic (exact) mass is 387 g/mol. The first-order valence-electron chi connectivity index (χ1n) is 7.79. The van der Waals surface area contributed by atoms with Crippen molar-refractivity contribution in [2.45, 2.75) is 13.5 Å². The van der Waals surface area contributed by atoms with Crippen molar-refractivity contribution >= 4 is 11.6 Å². The molecule has 0 amide bonds. The van der Waals surface area contributed by atoms with E-state index in [-0.39, 0.29) is 40.3 Å². The van der Waals surface area contributed by atoms with Gasteiger partial charge in [-0.3, -0.25) is 4.79 Å². The van der Waals surface area contributed by atoms with E-state index in [1.807, 2.05) is 0 Å². The van der Waals surface area contributed by atoms with Crippen molar-refractivity contribution in [2.24, 2.45) is 0 Å². The van der Waals surface area contributed by atoms with E-state index in [2.05, 4.69) is 20.3 Å². The van der Waals surface area contributed by atoms with Gasteiger partial charge in [0.1, 0.15) is 17.9 Å². The SMILES string of the molecule is Cc1noc(-c2cccn(Cc3nc(-c4ccc(F)c(Cl)c4)no3)c2=O)n1. The van der Waals surface area contributed by atoms with Gasteiger partial charge in [0.2, 0.25) is 11.7 Å². The van der Waals surface area contributed by atoms with Gasteiger partial charge in [-0.15, -0.1) is 0 Å². The van der Waals surface area contributed by atoms with Crippen LogP contribution in [-0.4, -0.2) is 24.8 Å². The highest BCUT2D eigenvalue weighted by molar-refractivity contribution is 6.31. The molecule has 0 aliphatic heterocycles. The summed E-state index contributed by atoms with van der Waals surface area (Å²) >= 11 is 5.77. The van der Waals surface area contributed by atoms with Crippen molar-refractivity contribution < 1.29 is 13.4 Å². The average Bonchev–Trinajstić information content (AvgIpc) is 3.28. The van der Waals surface area contributed by atoms with Crippen molar-refractivity contribution in [3.05, 3.63) is 69.4 Å². The third-order valence-corrected chi connectivity index (χ3v) is 4.02. The highest BCUT2D eigenvalue weighted by Crippen LogP contribution is 2.23. The number of hydrogen-bond acceptors (Lipinski definition) is 7. The third kappa shape index (κ3) is 3.36. The Labute approximate surface area is 156 Å². The highest BCUT2D eigenvalue weighted by Gasteiger charge is 2.15. The molecular weight excluding hydrogens is 377 g/mol. The number of aryl methyl sites for hydroxylation is 1. The molecule has 0 saturated carbocycles. The van der Waals surface area contributed by atoms with Gasteiger partial charge in [-0.25, -0.2) is 4.39 Å². The van der Waals surface area contributed by atoms with Gasteiger partial charge in [0, 0.05) is 11.8 Å². The van der Waals surface area contributed by atoms with E-state index < -0.39 is 5.82 Å². The van der Waals surface area contributed by atoms with Crippen LogP contribution in [0.25, 0.3) is 22.8 Å². The van der Waals surface area contributed by atoms with E-state index in [4.69, 9.17) is 20.6 Å². The number of nitrogens with zero attached hydrogens (tertiary/aromatic N) is 5. The van der Waals surface area contributed by atoms with Gasteiger partial charge < -0.3 is 13.6 Å². The van der Waals surface area contributed by atoms with E-state index >= 15 is 0 Å². The molecule has 0 spiro atoms. The molecule has 0 aliphatic rings. The molecule has 0 saturated heterocycles. The summed E-state index contributed by atoms with van der Waals surface area (Å²) in [6, 6.07) is 7.36. The number of benzene rings is 1. The average molecular weight is 388 g/mol. The Bertz CT molecular complexity index is 1180. The summed E-state index contributed by atoms with van der Waals surface area (Å²) in [5.74, 6) is 0.470. The molecule has 10 heteroatoms. The first-order valence-corrected chi connectivity index (χ1v) is 8.17. The smallest absolute Gasteiger partial charge is 0.263 e. The molecule has 27 heavy (non-hydrogen) atoms. The Morgan fingerprint density at radius 3 is 2.78 bits per heavy atom. The first kappa shape index (κ1) is 17.1. The van der Waals surface area contributed by atoms with Crippen LogP contribution in [-0.2, 0) is 6.54 Å². The molecule has 0 radical (unpaired) electrons. The topological polar surface area (TPSA) is 99.8 Å². The minimum atomic E-state index is -0.538. The summed E-state index contributed by atoms with van der Waals surface area (Å²) in [5, 5.41) is 7.49. The largest absolute Gasteiger partial charge is 0.337 e. The van der Waals surface area contributed by atoms with Crippen LogP contribution in [0.1, 0.15) is 11.7 Å². The molecule has 8 nitrogen and oxygen atoms in total. The van der Waals surface area contributed by atoms with Crippen LogP contribution in [0.2, 0.25) is 5.02 Å². The summed E-state index contributed by atoms with van der Waals surface area (Å²) < 4.78 is 24.9. The lowest BCUT2D eigenvalue weighted by atomic mass is 10.2. The van der Waals surface area contributed by atoms with E-state index in [1.54, 1.807) is 25.3 Å². The predicted octanol–water partition coefficient (Wildman–Crippen LogP) is 3.10. The second-order valence-corrected chi connectivity index (χ2v) is 6.05. The maximum Gasteiger partial charge on any atom is 0.263 e. The summed E-state index contributed by atoms with van der Waals surface area (Å²) in [5.41, 5.74) is 0.424. The molecule has 4 rings (SSSR count). The molecule has 0 unspecified atom stereocenters. The zero-order valence-electron chi connectivity index (χ0n) is 13.9. The Balaban J connectivity index is 1.63. The Hall–Kier alpha value is -3.33. The van der Waals surface area contributed by atoms with E-state index in [9.17, 15) is 9.18 Å². The van der Waals surface area contributed by atoms with Crippen LogP contribution in [0.4, 0.5) is 4.39 Å². The van der Waals surface area contributed by atoms with Crippen LogP contribution < -0.4 is 5.56 Å².